The molecular weight excluding hydrogens is 220 g/mol. The molecule has 1 aliphatic heterocycles. The quantitative estimate of drug-likeness (QED) is 0.662. The van der Waals surface area contributed by atoms with Crippen LogP contribution in [0.15, 0.2) is 12.1 Å². The number of anilines is 3. The molecule has 1 aromatic heterocycles. The van der Waals surface area contributed by atoms with Crippen LogP contribution < -0.4 is 16.4 Å². The summed E-state index contributed by atoms with van der Waals surface area (Å²) in [6.45, 7) is 3.31. The summed E-state index contributed by atoms with van der Waals surface area (Å²) >= 11 is 0. The van der Waals surface area contributed by atoms with Crippen LogP contribution in [0.5, 0.6) is 0 Å². The van der Waals surface area contributed by atoms with Gasteiger partial charge in [-0.1, -0.05) is 0 Å². The first-order valence-corrected chi connectivity index (χ1v) is 5.63. The van der Waals surface area contributed by atoms with Crippen LogP contribution >= 0.6 is 0 Å². The van der Waals surface area contributed by atoms with Gasteiger partial charge in [0.25, 0.3) is 0 Å². The molecule has 0 radical (unpaired) electrons. The molecule has 94 valence electrons. The van der Waals surface area contributed by atoms with Crippen LogP contribution in [0.1, 0.15) is 6.92 Å². The summed E-state index contributed by atoms with van der Waals surface area (Å²) in [5.74, 6) is 1.10. The number of nitrogens with zero attached hydrogens (tertiary/aromatic N) is 2. The van der Waals surface area contributed by atoms with Gasteiger partial charge in [-0.3, -0.25) is 0 Å². The number of rotatable bonds is 2. The maximum Gasteiger partial charge on any atom is 0.149 e. The smallest absolute Gasteiger partial charge is 0.149 e. The summed E-state index contributed by atoms with van der Waals surface area (Å²) in [6.07, 6.45) is -0.124. The topological polar surface area (TPSA) is 97.6 Å². The van der Waals surface area contributed by atoms with Gasteiger partial charge in [-0.05, 0) is 19.1 Å². The van der Waals surface area contributed by atoms with Crippen LogP contribution in [0, 0.1) is 0 Å². The molecule has 1 aliphatic rings. The monoisotopic (exact) mass is 238 g/mol. The summed E-state index contributed by atoms with van der Waals surface area (Å²) in [4.78, 5) is 6.29. The molecule has 2 atom stereocenters. The van der Waals surface area contributed by atoms with E-state index in [2.05, 4.69) is 4.98 Å². The second kappa shape index (κ2) is 4.77. The molecule has 6 heteroatoms. The van der Waals surface area contributed by atoms with Crippen molar-refractivity contribution >= 4 is 17.3 Å². The number of hydrogen-bond acceptors (Lipinski definition) is 6. The average molecular weight is 238 g/mol. The van der Waals surface area contributed by atoms with Gasteiger partial charge in [0.2, 0.25) is 0 Å². The molecule has 1 fully saturated rings. The van der Waals surface area contributed by atoms with E-state index in [-0.39, 0.29) is 18.8 Å². The summed E-state index contributed by atoms with van der Waals surface area (Å²) < 4.78 is 5.57. The van der Waals surface area contributed by atoms with Gasteiger partial charge in [0.05, 0.1) is 24.5 Å². The van der Waals surface area contributed by atoms with Crippen molar-refractivity contribution < 1.29 is 9.84 Å². The van der Waals surface area contributed by atoms with Gasteiger partial charge in [0.15, 0.2) is 0 Å². The molecule has 0 spiro atoms. The minimum Gasteiger partial charge on any atom is -0.396 e. The van der Waals surface area contributed by atoms with E-state index in [0.29, 0.717) is 18.1 Å². The van der Waals surface area contributed by atoms with Crippen LogP contribution in [0.2, 0.25) is 0 Å². The van der Waals surface area contributed by atoms with Crippen molar-refractivity contribution in [3.8, 4) is 0 Å². The van der Waals surface area contributed by atoms with Gasteiger partial charge in [-0.25, -0.2) is 4.98 Å². The first kappa shape index (κ1) is 11.9. The van der Waals surface area contributed by atoms with Crippen LogP contribution in [0.4, 0.5) is 17.3 Å². The van der Waals surface area contributed by atoms with Gasteiger partial charge in [-0.15, -0.1) is 0 Å². The normalized spacial score (nSPS) is 24.9. The molecule has 17 heavy (non-hydrogen) atoms. The number of pyridine rings is 1. The highest BCUT2D eigenvalue weighted by Gasteiger charge is 2.25. The molecule has 6 nitrogen and oxygen atoms in total. The third kappa shape index (κ3) is 2.59. The molecule has 2 unspecified atom stereocenters. The molecule has 0 amide bonds. The Bertz CT molecular complexity index is 399. The van der Waals surface area contributed by atoms with Crippen molar-refractivity contribution in [2.45, 2.75) is 19.1 Å². The van der Waals surface area contributed by atoms with E-state index < -0.39 is 0 Å². The van der Waals surface area contributed by atoms with Gasteiger partial charge >= 0.3 is 0 Å². The first-order chi connectivity index (χ1) is 8.10. The van der Waals surface area contributed by atoms with E-state index in [0.717, 1.165) is 12.4 Å². The number of aliphatic hydroxyl groups excluding tert-OH is 1. The zero-order valence-electron chi connectivity index (χ0n) is 9.84. The van der Waals surface area contributed by atoms with Gasteiger partial charge in [-0.2, -0.15) is 0 Å². The van der Waals surface area contributed by atoms with Crippen LogP contribution in [0.3, 0.4) is 0 Å². The van der Waals surface area contributed by atoms with Crippen molar-refractivity contribution in [2.75, 3.05) is 36.1 Å². The molecule has 0 bridgehead atoms. The van der Waals surface area contributed by atoms with E-state index in [1.165, 1.54) is 0 Å². The fourth-order valence-corrected chi connectivity index (χ4v) is 1.98. The Hall–Kier alpha value is -1.53. The molecule has 2 heterocycles. The molecule has 0 aromatic carbocycles. The number of nitrogen functional groups attached to an aromatic ring is 2. The second-order valence-electron chi connectivity index (χ2n) is 4.30. The minimum atomic E-state index is -0.181. The molecule has 5 N–H and O–H groups in total. The molecule has 1 saturated heterocycles. The number of aromatic nitrogens is 1. The van der Waals surface area contributed by atoms with Gasteiger partial charge in [0.1, 0.15) is 11.6 Å². The highest BCUT2D eigenvalue weighted by molar-refractivity contribution is 5.62. The summed E-state index contributed by atoms with van der Waals surface area (Å²) in [7, 11) is 0. The van der Waals surface area contributed by atoms with Crippen molar-refractivity contribution in [1.29, 1.82) is 0 Å². The number of hydrogen-bond donors (Lipinski definition) is 3. The Morgan fingerprint density at radius 3 is 2.88 bits per heavy atom. The van der Waals surface area contributed by atoms with E-state index in [1.54, 1.807) is 6.07 Å². The largest absolute Gasteiger partial charge is 0.396 e. The van der Waals surface area contributed by atoms with Crippen LogP contribution in [0.25, 0.3) is 0 Å². The maximum absolute atomic E-state index is 9.16. The van der Waals surface area contributed by atoms with Crippen molar-refractivity contribution in [1.82, 2.24) is 4.98 Å². The van der Waals surface area contributed by atoms with Crippen LogP contribution in [-0.2, 0) is 4.74 Å². The standard InChI is InChI=1S/C11H18N4O2/c1-7-4-15(5-8(6-16)17-7)10-3-2-9(12)11(13)14-10/h2-3,7-8,16H,4-6,12H2,1H3,(H2,13,14). The van der Waals surface area contributed by atoms with Gasteiger partial charge < -0.3 is 26.2 Å². The van der Waals surface area contributed by atoms with Crippen molar-refractivity contribution in [2.24, 2.45) is 0 Å². The molecular formula is C11H18N4O2. The molecule has 0 aliphatic carbocycles. The summed E-state index contributed by atoms with van der Waals surface area (Å²) in [5, 5.41) is 9.16. The van der Waals surface area contributed by atoms with Gasteiger partial charge in [0, 0.05) is 13.1 Å². The predicted molar refractivity (Wildman–Crippen MR) is 66.7 cm³/mol. The molecule has 0 saturated carbocycles. The fourth-order valence-electron chi connectivity index (χ4n) is 1.98. The SMILES string of the molecule is CC1CN(c2ccc(N)c(N)n2)CC(CO)O1. The van der Waals surface area contributed by atoms with Crippen LogP contribution in [-0.4, -0.2) is 42.0 Å². The number of aliphatic hydroxyl groups is 1. The lowest BCUT2D eigenvalue weighted by molar-refractivity contribution is -0.0422. The van der Waals surface area contributed by atoms with E-state index in [1.807, 2.05) is 17.9 Å². The Kier molecular flexibility index (Phi) is 3.35. The number of nitrogens with two attached hydrogens (primary N) is 2. The van der Waals surface area contributed by atoms with Crippen molar-refractivity contribution in [3.63, 3.8) is 0 Å². The third-order valence-electron chi connectivity index (χ3n) is 2.80. The molecule has 2 rings (SSSR count). The summed E-state index contributed by atoms with van der Waals surface area (Å²) in [5.41, 5.74) is 11.8. The average Bonchev–Trinajstić information content (AvgIpc) is 2.32. The Balaban J connectivity index is 2.17. The zero-order valence-corrected chi connectivity index (χ0v) is 9.84. The van der Waals surface area contributed by atoms with Crippen molar-refractivity contribution in [3.05, 3.63) is 12.1 Å². The fraction of sp³-hybridized carbons (Fsp3) is 0.545. The Morgan fingerprint density at radius 1 is 1.47 bits per heavy atom. The minimum absolute atomic E-state index is 0.00525. The lowest BCUT2D eigenvalue weighted by atomic mass is 10.2. The Labute approximate surface area is 100 Å². The molecule has 1 aromatic rings. The highest BCUT2D eigenvalue weighted by Crippen LogP contribution is 2.22. The number of ether oxygens (including phenoxy) is 1. The highest BCUT2D eigenvalue weighted by atomic mass is 16.5. The Morgan fingerprint density at radius 2 is 2.24 bits per heavy atom. The predicted octanol–water partition coefficient (Wildman–Crippen LogP) is -0.168. The van der Waals surface area contributed by atoms with E-state index >= 15 is 0 Å². The lowest BCUT2D eigenvalue weighted by Gasteiger charge is -2.36. The van der Waals surface area contributed by atoms with E-state index in [4.69, 9.17) is 21.3 Å². The second-order valence-corrected chi connectivity index (χ2v) is 4.30. The number of morpholine rings is 1. The maximum atomic E-state index is 9.16. The van der Waals surface area contributed by atoms with E-state index in [9.17, 15) is 0 Å². The third-order valence-corrected chi connectivity index (χ3v) is 2.80. The zero-order chi connectivity index (χ0) is 12.4. The summed E-state index contributed by atoms with van der Waals surface area (Å²) in [6, 6.07) is 3.57. The first-order valence-electron chi connectivity index (χ1n) is 5.63. The lowest BCUT2D eigenvalue weighted by Crippen LogP contribution is -2.48.